The second-order valence-corrected chi connectivity index (χ2v) is 4.32. The van der Waals surface area contributed by atoms with Crippen molar-refractivity contribution >= 4 is 5.91 Å². The van der Waals surface area contributed by atoms with E-state index < -0.39 is 5.82 Å². The zero-order chi connectivity index (χ0) is 12.8. The smallest absolute Gasteiger partial charge is 0.258 e. The fourth-order valence-corrected chi connectivity index (χ4v) is 1.17. The lowest BCUT2D eigenvalue weighted by molar-refractivity contribution is -0.124. The molecule has 1 amide bonds. The summed E-state index contributed by atoms with van der Waals surface area (Å²) in [6, 6.07) is 6.10. The average molecular weight is 239 g/mol. The van der Waals surface area contributed by atoms with Gasteiger partial charge in [-0.15, -0.1) is 0 Å². The number of para-hydroxylation sites is 1. The standard InChI is InChI=1S/C13H18FNO2/c1-9(2)10(3)15-13(16)8-17-12-7-5-4-6-11(12)14/h4-7,9-10H,8H2,1-3H3,(H,15,16)/t10-/m0/s1. The van der Waals surface area contributed by atoms with Crippen molar-refractivity contribution in [2.45, 2.75) is 26.8 Å². The molecule has 4 heteroatoms. The van der Waals surface area contributed by atoms with Crippen LogP contribution < -0.4 is 10.1 Å². The molecule has 0 saturated heterocycles. The van der Waals surface area contributed by atoms with E-state index >= 15 is 0 Å². The summed E-state index contributed by atoms with van der Waals surface area (Å²) in [5.41, 5.74) is 0. The van der Waals surface area contributed by atoms with E-state index in [-0.39, 0.29) is 24.3 Å². The normalized spacial score (nSPS) is 12.3. The minimum Gasteiger partial charge on any atom is -0.481 e. The van der Waals surface area contributed by atoms with Gasteiger partial charge in [-0.1, -0.05) is 26.0 Å². The summed E-state index contributed by atoms with van der Waals surface area (Å²) in [6.07, 6.45) is 0. The van der Waals surface area contributed by atoms with Crippen LogP contribution in [-0.2, 0) is 4.79 Å². The molecule has 1 aromatic carbocycles. The zero-order valence-electron chi connectivity index (χ0n) is 10.4. The Bertz CT molecular complexity index is 379. The Morgan fingerprint density at radius 3 is 2.59 bits per heavy atom. The quantitative estimate of drug-likeness (QED) is 0.856. The Labute approximate surface area is 101 Å². The second kappa shape index (κ2) is 6.23. The zero-order valence-corrected chi connectivity index (χ0v) is 10.4. The van der Waals surface area contributed by atoms with Crippen LogP contribution in [0.4, 0.5) is 4.39 Å². The van der Waals surface area contributed by atoms with E-state index in [1.165, 1.54) is 12.1 Å². The van der Waals surface area contributed by atoms with Crippen molar-refractivity contribution in [2.75, 3.05) is 6.61 Å². The van der Waals surface area contributed by atoms with E-state index in [4.69, 9.17) is 4.74 Å². The first-order valence-electron chi connectivity index (χ1n) is 5.67. The summed E-state index contributed by atoms with van der Waals surface area (Å²) >= 11 is 0. The Morgan fingerprint density at radius 1 is 1.35 bits per heavy atom. The third kappa shape index (κ3) is 4.43. The molecule has 0 aliphatic heterocycles. The van der Waals surface area contributed by atoms with Crippen molar-refractivity contribution < 1.29 is 13.9 Å². The SMILES string of the molecule is CC(C)[C@H](C)NC(=O)COc1ccccc1F. The molecule has 0 aliphatic rings. The number of nitrogens with one attached hydrogen (secondary N) is 1. The van der Waals surface area contributed by atoms with Gasteiger partial charge in [0.2, 0.25) is 0 Å². The third-order valence-corrected chi connectivity index (χ3v) is 2.58. The van der Waals surface area contributed by atoms with Gasteiger partial charge in [0.25, 0.3) is 5.91 Å². The number of hydrogen-bond acceptors (Lipinski definition) is 2. The van der Waals surface area contributed by atoms with Crippen molar-refractivity contribution in [2.24, 2.45) is 5.92 Å². The van der Waals surface area contributed by atoms with Crippen molar-refractivity contribution in [1.29, 1.82) is 0 Å². The monoisotopic (exact) mass is 239 g/mol. The summed E-state index contributed by atoms with van der Waals surface area (Å²) in [5.74, 6) is -0.251. The first kappa shape index (κ1) is 13.5. The highest BCUT2D eigenvalue weighted by Gasteiger charge is 2.11. The largest absolute Gasteiger partial charge is 0.481 e. The topological polar surface area (TPSA) is 38.3 Å². The van der Waals surface area contributed by atoms with Crippen LogP contribution in [0.2, 0.25) is 0 Å². The predicted octanol–water partition coefficient (Wildman–Crippen LogP) is 2.37. The van der Waals surface area contributed by atoms with E-state index in [9.17, 15) is 9.18 Å². The summed E-state index contributed by atoms with van der Waals surface area (Å²) in [5, 5.41) is 2.78. The molecule has 1 aromatic rings. The van der Waals surface area contributed by atoms with Crippen LogP contribution in [0.1, 0.15) is 20.8 Å². The maximum atomic E-state index is 13.2. The summed E-state index contributed by atoms with van der Waals surface area (Å²) in [6.45, 7) is 5.79. The molecule has 0 radical (unpaired) electrons. The fraction of sp³-hybridized carbons (Fsp3) is 0.462. The van der Waals surface area contributed by atoms with Crippen molar-refractivity contribution in [3.05, 3.63) is 30.1 Å². The van der Waals surface area contributed by atoms with Crippen molar-refractivity contribution in [1.82, 2.24) is 5.32 Å². The summed E-state index contributed by atoms with van der Waals surface area (Å²) in [7, 11) is 0. The Balaban J connectivity index is 2.41. The Kier molecular flexibility index (Phi) is 4.94. The number of hydrogen-bond donors (Lipinski definition) is 1. The summed E-state index contributed by atoms with van der Waals surface area (Å²) < 4.78 is 18.3. The van der Waals surface area contributed by atoms with Gasteiger partial charge in [0.15, 0.2) is 18.2 Å². The van der Waals surface area contributed by atoms with Crippen LogP contribution in [0, 0.1) is 11.7 Å². The second-order valence-electron chi connectivity index (χ2n) is 4.32. The highest BCUT2D eigenvalue weighted by Crippen LogP contribution is 2.14. The van der Waals surface area contributed by atoms with Gasteiger partial charge in [0.1, 0.15) is 0 Å². The lowest BCUT2D eigenvalue weighted by Gasteiger charge is -2.17. The maximum absolute atomic E-state index is 13.2. The minimum atomic E-state index is -0.461. The molecule has 17 heavy (non-hydrogen) atoms. The van der Waals surface area contributed by atoms with Crippen LogP contribution in [0.25, 0.3) is 0 Å². The molecule has 0 heterocycles. The molecule has 1 N–H and O–H groups in total. The lowest BCUT2D eigenvalue weighted by atomic mass is 10.1. The number of rotatable bonds is 5. The van der Waals surface area contributed by atoms with Gasteiger partial charge in [0, 0.05) is 6.04 Å². The molecule has 0 aromatic heterocycles. The van der Waals surface area contributed by atoms with E-state index in [1.807, 2.05) is 20.8 Å². The Hall–Kier alpha value is -1.58. The summed E-state index contributed by atoms with van der Waals surface area (Å²) in [4.78, 5) is 11.5. The van der Waals surface area contributed by atoms with Crippen LogP contribution in [0.5, 0.6) is 5.75 Å². The number of benzene rings is 1. The minimum absolute atomic E-state index is 0.0757. The van der Waals surface area contributed by atoms with Crippen LogP contribution in [0.3, 0.4) is 0 Å². The number of carbonyl (C=O) groups excluding carboxylic acids is 1. The van der Waals surface area contributed by atoms with E-state index in [1.54, 1.807) is 12.1 Å². The molecule has 1 rings (SSSR count). The number of ether oxygens (including phenoxy) is 1. The van der Waals surface area contributed by atoms with Gasteiger partial charge in [-0.2, -0.15) is 0 Å². The molecular formula is C13H18FNO2. The molecule has 0 fully saturated rings. The van der Waals surface area contributed by atoms with E-state index in [0.29, 0.717) is 5.92 Å². The average Bonchev–Trinajstić information content (AvgIpc) is 2.27. The molecule has 0 saturated carbocycles. The van der Waals surface area contributed by atoms with Crippen LogP contribution >= 0.6 is 0 Å². The molecule has 3 nitrogen and oxygen atoms in total. The molecule has 94 valence electrons. The molecule has 0 unspecified atom stereocenters. The van der Waals surface area contributed by atoms with Gasteiger partial charge in [-0.3, -0.25) is 4.79 Å². The first-order valence-corrected chi connectivity index (χ1v) is 5.67. The number of halogens is 1. The first-order chi connectivity index (χ1) is 8.00. The van der Waals surface area contributed by atoms with E-state index in [0.717, 1.165) is 0 Å². The molecule has 0 spiro atoms. The predicted molar refractivity (Wildman–Crippen MR) is 64.3 cm³/mol. The third-order valence-electron chi connectivity index (χ3n) is 2.58. The molecule has 0 aliphatic carbocycles. The molecular weight excluding hydrogens is 221 g/mol. The highest BCUT2D eigenvalue weighted by atomic mass is 19.1. The van der Waals surface area contributed by atoms with Gasteiger partial charge in [-0.05, 0) is 25.0 Å². The van der Waals surface area contributed by atoms with Gasteiger partial charge in [-0.25, -0.2) is 4.39 Å². The number of amides is 1. The van der Waals surface area contributed by atoms with E-state index in [2.05, 4.69) is 5.32 Å². The van der Waals surface area contributed by atoms with Crippen molar-refractivity contribution in [3.63, 3.8) is 0 Å². The fourth-order valence-electron chi connectivity index (χ4n) is 1.17. The Morgan fingerprint density at radius 2 is 2.00 bits per heavy atom. The lowest BCUT2D eigenvalue weighted by Crippen LogP contribution is -2.39. The van der Waals surface area contributed by atoms with Crippen molar-refractivity contribution in [3.8, 4) is 5.75 Å². The van der Waals surface area contributed by atoms with Gasteiger partial charge in [0.05, 0.1) is 0 Å². The number of carbonyl (C=O) groups is 1. The highest BCUT2D eigenvalue weighted by molar-refractivity contribution is 5.77. The van der Waals surface area contributed by atoms with Crippen LogP contribution in [0.15, 0.2) is 24.3 Å². The maximum Gasteiger partial charge on any atom is 0.258 e. The van der Waals surface area contributed by atoms with Crippen LogP contribution in [-0.4, -0.2) is 18.6 Å². The molecule has 1 atom stereocenters. The molecule has 0 bridgehead atoms. The van der Waals surface area contributed by atoms with Gasteiger partial charge < -0.3 is 10.1 Å². The van der Waals surface area contributed by atoms with Gasteiger partial charge >= 0.3 is 0 Å².